The van der Waals surface area contributed by atoms with Crippen LogP contribution in [0.3, 0.4) is 0 Å². The summed E-state index contributed by atoms with van der Waals surface area (Å²) in [7, 11) is 0. The van der Waals surface area contributed by atoms with Crippen molar-refractivity contribution in [3.8, 4) is 0 Å². The van der Waals surface area contributed by atoms with Crippen molar-refractivity contribution in [1.82, 2.24) is 4.90 Å². The van der Waals surface area contributed by atoms with E-state index in [2.05, 4.69) is 0 Å². The molecule has 2 aromatic carbocycles. The van der Waals surface area contributed by atoms with E-state index in [0.717, 1.165) is 10.5 Å². The molecule has 22 heavy (non-hydrogen) atoms. The second-order valence-corrected chi connectivity index (χ2v) is 5.19. The average molecular weight is 299 g/mol. The van der Waals surface area contributed by atoms with Gasteiger partial charge in [-0.1, -0.05) is 24.3 Å². The van der Waals surface area contributed by atoms with Gasteiger partial charge in [0.15, 0.2) is 0 Å². The molecule has 5 heteroatoms. The zero-order valence-electron chi connectivity index (χ0n) is 11.7. The quantitative estimate of drug-likeness (QED) is 0.879. The van der Waals surface area contributed by atoms with Gasteiger partial charge in [-0.05, 0) is 36.2 Å². The second-order valence-electron chi connectivity index (χ2n) is 5.19. The summed E-state index contributed by atoms with van der Waals surface area (Å²) in [6, 6.07) is 11.7. The lowest BCUT2D eigenvalue weighted by Gasteiger charge is -2.24. The van der Waals surface area contributed by atoms with Crippen LogP contribution in [0.25, 0.3) is 0 Å². The van der Waals surface area contributed by atoms with Gasteiger partial charge >= 0.3 is 0 Å². The molecule has 2 amide bonds. The summed E-state index contributed by atoms with van der Waals surface area (Å²) in [6.07, 6.45) is 0.280. The maximum Gasteiger partial charge on any atom is 0.261 e. The Morgan fingerprint density at radius 2 is 1.50 bits per heavy atom. The maximum atomic E-state index is 12.9. The van der Waals surface area contributed by atoms with E-state index in [0.29, 0.717) is 11.1 Å². The van der Waals surface area contributed by atoms with Gasteiger partial charge in [-0.3, -0.25) is 14.5 Å². The average Bonchev–Trinajstić information content (AvgIpc) is 2.79. The summed E-state index contributed by atoms with van der Waals surface area (Å²) >= 11 is 0. The fourth-order valence-electron chi connectivity index (χ4n) is 2.67. The Morgan fingerprint density at radius 3 is 2.00 bits per heavy atom. The SMILES string of the molecule is O=C1c2ccccc2C(=O)N1[C@H](CO)Cc1ccc(F)cc1. The number of aliphatic hydroxyl groups is 1. The predicted octanol–water partition coefficient (Wildman–Crippen LogP) is 2.03. The number of aliphatic hydroxyl groups excluding tert-OH is 1. The third-order valence-corrected chi connectivity index (χ3v) is 3.79. The van der Waals surface area contributed by atoms with Gasteiger partial charge in [-0.25, -0.2) is 4.39 Å². The van der Waals surface area contributed by atoms with Gasteiger partial charge in [0.1, 0.15) is 5.82 Å². The van der Waals surface area contributed by atoms with E-state index in [-0.39, 0.29) is 18.8 Å². The van der Waals surface area contributed by atoms with Crippen LogP contribution in [0.4, 0.5) is 4.39 Å². The number of hydrogen-bond donors (Lipinski definition) is 1. The number of amides is 2. The van der Waals surface area contributed by atoms with Crippen molar-refractivity contribution < 1.29 is 19.1 Å². The van der Waals surface area contributed by atoms with Crippen LogP contribution in [0.5, 0.6) is 0 Å². The molecule has 4 nitrogen and oxygen atoms in total. The molecule has 0 aromatic heterocycles. The van der Waals surface area contributed by atoms with E-state index in [4.69, 9.17) is 0 Å². The second kappa shape index (κ2) is 5.69. The Labute approximate surface area is 126 Å². The summed E-state index contributed by atoms with van der Waals surface area (Å²) in [5.74, 6) is -1.16. The molecule has 1 N–H and O–H groups in total. The van der Waals surface area contributed by atoms with Gasteiger partial charge < -0.3 is 5.11 Å². The highest BCUT2D eigenvalue weighted by atomic mass is 19.1. The van der Waals surface area contributed by atoms with Crippen molar-refractivity contribution in [2.45, 2.75) is 12.5 Å². The number of rotatable bonds is 4. The van der Waals surface area contributed by atoms with Crippen molar-refractivity contribution in [3.63, 3.8) is 0 Å². The molecule has 0 aliphatic carbocycles. The van der Waals surface area contributed by atoms with Crippen LogP contribution in [-0.4, -0.2) is 34.5 Å². The standard InChI is InChI=1S/C17H14FNO3/c18-12-7-5-11(6-8-12)9-13(10-20)19-16(21)14-3-1-2-4-15(14)17(19)22/h1-8,13,20H,9-10H2/t13-/m0/s1. The number of carbonyl (C=O) groups is 2. The Balaban J connectivity index is 1.87. The van der Waals surface area contributed by atoms with E-state index >= 15 is 0 Å². The molecule has 3 rings (SSSR count). The zero-order valence-corrected chi connectivity index (χ0v) is 11.7. The van der Waals surface area contributed by atoms with E-state index < -0.39 is 17.9 Å². The third kappa shape index (κ3) is 2.40. The number of benzene rings is 2. The molecule has 1 aliphatic rings. The summed E-state index contributed by atoms with van der Waals surface area (Å²) in [6.45, 7) is -0.344. The monoisotopic (exact) mass is 299 g/mol. The molecule has 0 radical (unpaired) electrons. The van der Waals surface area contributed by atoms with Crippen LogP contribution in [0, 0.1) is 5.82 Å². The van der Waals surface area contributed by atoms with Gasteiger partial charge in [0.2, 0.25) is 0 Å². The van der Waals surface area contributed by atoms with Crippen molar-refractivity contribution in [2.24, 2.45) is 0 Å². The van der Waals surface area contributed by atoms with Crippen molar-refractivity contribution in [3.05, 3.63) is 71.0 Å². The highest BCUT2D eigenvalue weighted by Gasteiger charge is 2.39. The van der Waals surface area contributed by atoms with Crippen LogP contribution in [0.15, 0.2) is 48.5 Å². The lowest BCUT2D eigenvalue weighted by Crippen LogP contribution is -2.43. The molecule has 1 heterocycles. The lowest BCUT2D eigenvalue weighted by atomic mass is 10.1. The smallest absolute Gasteiger partial charge is 0.261 e. The topological polar surface area (TPSA) is 57.6 Å². The Morgan fingerprint density at radius 1 is 0.955 bits per heavy atom. The minimum atomic E-state index is -0.669. The summed E-state index contributed by atoms with van der Waals surface area (Å²) in [5.41, 5.74) is 1.45. The van der Waals surface area contributed by atoms with Gasteiger partial charge in [0.05, 0.1) is 23.8 Å². The van der Waals surface area contributed by atoms with Crippen LogP contribution in [0.2, 0.25) is 0 Å². The zero-order chi connectivity index (χ0) is 15.7. The van der Waals surface area contributed by atoms with E-state index in [1.807, 2.05) is 0 Å². The van der Waals surface area contributed by atoms with Crippen LogP contribution < -0.4 is 0 Å². The van der Waals surface area contributed by atoms with Crippen molar-refractivity contribution in [2.75, 3.05) is 6.61 Å². The Bertz CT molecular complexity index is 692. The van der Waals surface area contributed by atoms with Crippen LogP contribution in [-0.2, 0) is 6.42 Å². The van der Waals surface area contributed by atoms with Gasteiger partial charge in [0, 0.05) is 0 Å². The number of hydrogen-bond acceptors (Lipinski definition) is 3. The van der Waals surface area contributed by atoms with Gasteiger partial charge in [0.25, 0.3) is 11.8 Å². The molecule has 0 spiro atoms. The number of fused-ring (bicyclic) bond motifs is 1. The first-order chi connectivity index (χ1) is 10.6. The van der Waals surface area contributed by atoms with Crippen LogP contribution in [0.1, 0.15) is 26.3 Å². The van der Waals surface area contributed by atoms with Gasteiger partial charge in [-0.2, -0.15) is 0 Å². The third-order valence-electron chi connectivity index (χ3n) is 3.79. The Hall–Kier alpha value is -2.53. The minimum Gasteiger partial charge on any atom is -0.394 e. The first-order valence-corrected chi connectivity index (χ1v) is 6.94. The molecular weight excluding hydrogens is 285 g/mol. The fraction of sp³-hybridized carbons (Fsp3) is 0.176. The fourth-order valence-corrected chi connectivity index (χ4v) is 2.67. The molecule has 0 bridgehead atoms. The largest absolute Gasteiger partial charge is 0.394 e. The molecule has 0 unspecified atom stereocenters. The Kier molecular flexibility index (Phi) is 3.73. The summed E-state index contributed by atoms with van der Waals surface area (Å²) < 4.78 is 12.9. The first kappa shape index (κ1) is 14.4. The first-order valence-electron chi connectivity index (χ1n) is 6.94. The molecule has 1 atom stereocenters. The molecule has 0 saturated heterocycles. The normalized spacial score (nSPS) is 15.1. The number of halogens is 1. The van der Waals surface area contributed by atoms with Crippen LogP contribution >= 0.6 is 0 Å². The molecule has 2 aromatic rings. The molecule has 0 saturated carbocycles. The molecular formula is C17H14FNO3. The highest BCUT2D eigenvalue weighted by Crippen LogP contribution is 2.25. The molecule has 0 fully saturated rings. The molecule has 1 aliphatic heterocycles. The molecule has 112 valence electrons. The van der Waals surface area contributed by atoms with Gasteiger partial charge in [-0.15, -0.1) is 0 Å². The van der Waals surface area contributed by atoms with E-state index in [1.165, 1.54) is 12.1 Å². The predicted molar refractivity (Wildman–Crippen MR) is 77.9 cm³/mol. The minimum absolute atomic E-state index is 0.280. The van der Waals surface area contributed by atoms with E-state index in [9.17, 15) is 19.1 Å². The maximum absolute atomic E-state index is 12.9. The summed E-state index contributed by atoms with van der Waals surface area (Å²) in [4.78, 5) is 25.9. The lowest BCUT2D eigenvalue weighted by molar-refractivity contribution is 0.0516. The van der Waals surface area contributed by atoms with Crippen molar-refractivity contribution >= 4 is 11.8 Å². The number of nitrogens with zero attached hydrogens (tertiary/aromatic N) is 1. The number of imide groups is 1. The van der Waals surface area contributed by atoms with Crippen molar-refractivity contribution in [1.29, 1.82) is 0 Å². The van der Waals surface area contributed by atoms with E-state index in [1.54, 1.807) is 36.4 Å². The summed E-state index contributed by atoms with van der Waals surface area (Å²) in [5, 5.41) is 9.60. The highest BCUT2D eigenvalue weighted by molar-refractivity contribution is 6.21. The number of carbonyl (C=O) groups excluding carboxylic acids is 2.